The van der Waals surface area contributed by atoms with E-state index in [0.717, 1.165) is 0 Å². The van der Waals surface area contributed by atoms with Crippen molar-refractivity contribution in [2.24, 2.45) is 5.11 Å². The van der Waals surface area contributed by atoms with Crippen LogP contribution in [0.5, 0.6) is 0 Å². The van der Waals surface area contributed by atoms with Crippen molar-refractivity contribution in [1.82, 2.24) is 0 Å². The van der Waals surface area contributed by atoms with Gasteiger partial charge in [-0.15, -0.1) is 0 Å². The summed E-state index contributed by atoms with van der Waals surface area (Å²) >= 11 is 0. The van der Waals surface area contributed by atoms with Gasteiger partial charge in [0.1, 0.15) is 11.5 Å². The minimum Gasteiger partial charge on any atom is -0.495 e. The zero-order chi connectivity index (χ0) is 7.28. The van der Waals surface area contributed by atoms with Crippen LogP contribution in [-0.4, -0.2) is 7.11 Å². The first kappa shape index (κ1) is 7.88. The van der Waals surface area contributed by atoms with Gasteiger partial charge in [0.05, 0.1) is 7.11 Å². The second kappa shape index (κ2) is 3.83. The van der Waals surface area contributed by atoms with E-state index in [1.165, 1.54) is 7.11 Å². The molecule has 0 saturated heterocycles. The summed E-state index contributed by atoms with van der Waals surface area (Å²) in [5.41, 5.74) is 6.90. The van der Waals surface area contributed by atoms with Crippen LogP contribution in [0.2, 0.25) is 0 Å². The zero-order valence-corrected chi connectivity index (χ0v) is 5.64. The lowest BCUT2D eigenvalue weighted by molar-refractivity contribution is 0.298. The molecular weight excluding hydrogens is 116 g/mol. The highest BCUT2D eigenvalue weighted by Gasteiger charge is 1.95. The van der Waals surface area contributed by atoms with Gasteiger partial charge in [-0.05, 0) is 13.0 Å². The second-order valence-electron chi connectivity index (χ2n) is 1.42. The van der Waals surface area contributed by atoms with Crippen molar-refractivity contribution in [2.75, 3.05) is 7.11 Å². The summed E-state index contributed by atoms with van der Waals surface area (Å²) < 4.78 is 4.80. The Morgan fingerprint density at radius 3 is 2.44 bits per heavy atom. The first-order valence-corrected chi connectivity index (χ1v) is 2.53. The van der Waals surface area contributed by atoms with E-state index < -0.39 is 0 Å². The molecule has 0 fully saturated rings. The first-order valence-electron chi connectivity index (χ1n) is 2.53. The number of nitrogens with zero attached hydrogens (tertiary/aromatic N) is 1. The van der Waals surface area contributed by atoms with E-state index >= 15 is 0 Å². The highest BCUT2D eigenvalue weighted by Crippen LogP contribution is 2.07. The van der Waals surface area contributed by atoms with Gasteiger partial charge in [-0.3, -0.25) is 0 Å². The van der Waals surface area contributed by atoms with Gasteiger partial charge >= 0.3 is 0 Å². The van der Waals surface area contributed by atoms with Crippen LogP contribution in [0.4, 0.5) is 0 Å². The molecule has 0 saturated carbocycles. The molecule has 0 bridgehead atoms. The van der Waals surface area contributed by atoms with Gasteiger partial charge < -0.3 is 4.74 Å². The molecule has 0 heterocycles. The van der Waals surface area contributed by atoms with Gasteiger partial charge in [0, 0.05) is 0 Å². The van der Waals surface area contributed by atoms with Gasteiger partial charge in [0.2, 0.25) is 0 Å². The van der Waals surface area contributed by atoms with E-state index in [2.05, 4.69) is 11.7 Å². The first-order chi connectivity index (χ1) is 4.26. The van der Waals surface area contributed by atoms with Crippen molar-refractivity contribution in [3.63, 3.8) is 0 Å². The molecule has 0 radical (unpaired) electrons. The van der Waals surface area contributed by atoms with Crippen LogP contribution in [-0.2, 0) is 4.74 Å². The predicted octanol–water partition coefficient (Wildman–Crippen LogP) is 2.08. The maximum Gasteiger partial charge on any atom is 0.141 e. The minimum atomic E-state index is 0.347. The molecule has 3 heteroatoms. The van der Waals surface area contributed by atoms with Crippen molar-refractivity contribution in [2.45, 2.75) is 6.92 Å². The zero-order valence-electron chi connectivity index (χ0n) is 5.64. The number of hydrogen-bond donors (Lipinski definition) is 1. The van der Waals surface area contributed by atoms with Gasteiger partial charge in [0.25, 0.3) is 0 Å². The fourth-order valence-corrected chi connectivity index (χ4v) is 0.457. The van der Waals surface area contributed by atoms with E-state index in [9.17, 15) is 0 Å². The van der Waals surface area contributed by atoms with Crippen LogP contribution in [0.25, 0.3) is 0 Å². The minimum absolute atomic E-state index is 0.347. The van der Waals surface area contributed by atoms with Crippen LogP contribution in [0.15, 0.2) is 29.2 Å². The normalized spacial score (nSPS) is 10.7. The Morgan fingerprint density at radius 2 is 2.33 bits per heavy atom. The van der Waals surface area contributed by atoms with Gasteiger partial charge in [-0.2, -0.15) is 5.11 Å². The third-order valence-corrected chi connectivity index (χ3v) is 0.901. The molecule has 0 unspecified atom stereocenters. The quantitative estimate of drug-likeness (QED) is 0.351. The Kier molecular flexibility index (Phi) is 3.35. The Balaban J connectivity index is 4.13. The standard InChI is InChI=1S/C6H10N2O/c1-4-6(9-3)5(2)8-7/h4,7H,2H2,1,3H3/b6-4+,8-7?. The molecule has 9 heavy (non-hydrogen) atoms. The summed E-state index contributed by atoms with van der Waals surface area (Å²) in [5.74, 6) is 0.546. The fraction of sp³-hybridized carbons (Fsp3) is 0.333. The smallest absolute Gasteiger partial charge is 0.141 e. The fourth-order valence-electron chi connectivity index (χ4n) is 0.457. The van der Waals surface area contributed by atoms with Crippen LogP contribution in [0.1, 0.15) is 6.92 Å². The van der Waals surface area contributed by atoms with Crippen molar-refractivity contribution in [1.29, 1.82) is 5.53 Å². The van der Waals surface area contributed by atoms with E-state index in [4.69, 9.17) is 10.3 Å². The second-order valence-corrected chi connectivity index (χ2v) is 1.42. The van der Waals surface area contributed by atoms with Crippen LogP contribution in [0.3, 0.4) is 0 Å². The van der Waals surface area contributed by atoms with Gasteiger partial charge in [-0.1, -0.05) is 6.58 Å². The number of methoxy groups -OCH3 is 1. The number of allylic oxidation sites excluding steroid dienone is 1. The molecule has 3 nitrogen and oxygen atoms in total. The van der Waals surface area contributed by atoms with Crippen molar-refractivity contribution in [3.8, 4) is 0 Å². The molecular formula is C6H10N2O. The summed E-state index contributed by atoms with van der Waals surface area (Å²) in [7, 11) is 1.52. The Labute approximate surface area is 54.5 Å². The third-order valence-electron chi connectivity index (χ3n) is 0.901. The summed E-state index contributed by atoms with van der Waals surface area (Å²) in [6, 6.07) is 0. The highest BCUT2D eigenvalue weighted by atomic mass is 16.5. The molecule has 1 N–H and O–H groups in total. The third kappa shape index (κ3) is 2.08. The van der Waals surface area contributed by atoms with Gasteiger partial charge in [-0.25, -0.2) is 5.53 Å². The lowest BCUT2D eigenvalue weighted by atomic mass is 10.4. The summed E-state index contributed by atoms with van der Waals surface area (Å²) in [5, 5.41) is 3.09. The molecule has 0 amide bonds. The van der Waals surface area contributed by atoms with Crippen LogP contribution in [0, 0.1) is 5.53 Å². The summed E-state index contributed by atoms with van der Waals surface area (Å²) in [6.07, 6.45) is 1.71. The topological polar surface area (TPSA) is 45.4 Å². The van der Waals surface area contributed by atoms with E-state index in [1.54, 1.807) is 13.0 Å². The largest absolute Gasteiger partial charge is 0.495 e. The Bertz CT molecular complexity index is 149. The van der Waals surface area contributed by atoms with Crippen LogP contribution < -0.4 is 0 Å². The van der Waals surface area contributed by atoms with Gasteiger partial charge in [0.15, 0.2) is 0 Å². The monoisotopic (exact) mass is 126 g/mol. The Hall–Kier alpha value is -1.12. The molecule has 0 aliphatic carbocycles. The Morgan fingerprint density at radius 1 is 1.78 bits per heavy atom. The van der Waals surface area contributed by atoms with Crippen LogP contribution >= 0.6 is 0 Å². The van der Waals surface area contributed by atoms with E-state index in [0.29, 0.717) is 11.5 Å². The summed E-state index contributed by atoms with van der Waals surface area (Å²) in [4.78, 5) is 0. The average Bonchev–Trinajstić information content (AvgIpc) is 1.90. The molecule has 0 spiro atoms. The average molecular weight is 126 g/mol. The predicted molar refractivity (Wildman–Crippen MR) is 35.1 cm³/mol. The van der Waals surface area contributed by atoms with Crippen molar-refractivity contribution < 1.29 is 4.74 Å². The maximum atomic E-state index is 6.55. The molecule has 0 aliphatic heterocycles. The molecule has 0 atom stereocenters. The highest BCUT2D eigenvalue weighted by molar-refractivity contribution is 5.19. The van der Waals surface area contributed by atoms with Crippen molar-refractivity contribution in [3.05, 3.63) is 24.1 Å². The molecule has 0 aromatic carbocycles. The van der Waals surface area contributed by atoms with E-state index in [1.807, 2.05) is 0 Å². The number of ether oxygens (including phenoxy) is 1. The molecule has 0 aliphatic rings. The molecule has 0 aromatic heterocycles. The van der Waals surface area contributed by atoms with Crippen molar-refractivity contribution >= 4 is 0 Å². The lowest BCUT2D eigenvalue weighted by Gasteiger charge is -2.00. The number of nitrogens with one attached hydrogen (secondary N) is 1. The summed E-state index contributed by atoms with van der Waals surface area (Å²) in [6.45, 7) is 5.27. The molecule has 0 rings (SSSR count). The molecule has 50 valence electrons. The lowest BCUT2D eigenvalue weighted by Crippen LogP contribution is -1.85. The SMILES string of the molecule is C=C(N=N)/C(=C\C)OC. The molecule has 0 aromatic rings. The maximum absolute atomic E-state index is 6.55. The van der Waals surface area contributed by atoms with E-state index in [-0.39, 0.29) is 0 Å². The number of rotatable bonds is 3. The number of hydrogen-bond acceptors (Lipinski definition) is 3.